The van der Waals surface area contributed by atoms with Crippen LogP contribution in [0, 0.1) is 0 Å². The lowest BCUT2D eigenvalue weighted by atomic mass is 9.92. The van der Waals surface area contributed by atoms with Crippen LogP contribution in [0.3, 0.4) is 0 Å². The van der Waals surface area contributed by atoms with Gasteiger partial charge >= 0.3 is 0 Å². The van der Waals surface area contributed by atoms with E-state index in [0.717, 1.165) is 17.1 Å². The van der Waals surface area contributed by atoms with E-state index in [-0.39, 0.29) is 0 Å². The first-order valence-electron chi connectivity index (χ1n) is 18.6. The molecule has 0 saturated carbocycles. The third kappa shape index (κ3) is 6.03. The second-order valence-corrected chi connectivity index (χ2v) is 17.5. The molecule has 0 heterocycles. The molecule has 1 nitrogen and oxygen atoms in total. The standard InChI is InChI=1S/C52H39NSi/c1-6-18-42(19-7-1)53(43-20-8-2-9-21-43)44-34-30-40(31-35-44)49-38-39-50(52-29-17-16-28-51(49)52)41-32-36-48(37-33-41)54(45-22-10-3-11-23-45,46-24-12-4-13-25-46)47-26-14-5-15-27-47/h1-39H. The van der Waals surface area contributed by atoms with Crippen LogP contribution in [0.5, 0.6) is 0 Å². The molecular formula is C52H39NSi. The molecule has 0 fully saturated rings. The SMILES string of the molecule is c1ccc(N(c2ccccc2)c2ccc(-c3ccc(-c4ccc([Si](c5ccccc5)(c5ccccc5)c5ccccc5)cc4)c4ccccc34)cc2)cc1. The van der Waals surface area contributed by atoms with E-state index in [1.807, 2.05) is 0 Å². The Morgan fingerprint density at radius 3 is 0.926 bits per heavy atom. The monoisotopic (exact) mass is 705 g/mol. The van der Waals surface area contributed by atoms with Gasteiger partial charge in [0.15, 0.2) is 8.07 Å². The lowest BCUT2D eigenvalue weighted by Crippen LogP contribution is -2.74. The van der Waals surface area contributed by atoms with Crippen molar-refractivity contribution in [2.24, 2.45) is 0 Å². The molecule has 0 radical (unpaired) electrons. The molecule has 0 atom stereocenters. The number of hydrogen-bond donors (Lipinski definition) is 0. The van der Waals surface area contributed by atoms with E-state index in [2.05, 4.69) is 241 Å². The fraction of sp³-hybridized carbons (Fsp3) is 0. The summed E-state index contributed by atoms with van der Waals surface area (Å²) in [5, 5.41) is 8.01. The van der Waals surface area contributed by atoms with Crippen molar-refractivity contribution in [1.29, 1.82) is 0 Å². The highest BCUT2D eigenvalue weighted by Gasteiger charge is 2.41. The highest BCUT2D eigenvalue weighted by molar-refractivity contribution is 7.19. The summed E-state index contributed by atoms with van der Waals surface area (Å²) in [5.74, 6) is 0. The molecule has 0 aliphatic carbocycles. The second kappa shape index (κ2) is 14.7. The van der Waals surface area contributed by atoms with Crippen molar-refractivity contribution in [2.75, 3.05) is 4.90 Å². The van der Waals surface area contributed by atoms with E-state index in [9.17, 15) is 0 Å². The predicted molar refractivity (Wildman–Crippen MR) is 233 cm³/mol. The molecule has 9 aromatic rings. The average molecular weight is 706 g/mol. The smallest absolute Gasteiger partial charge is 0.179 e. The predicted octanol–water partition coefficient (Wildman–Crippen LogP) is 11.0. The van der Waals surface area contributed by atoms with Gasteiger partial charge in [-0.05, 0) is 90.2 Å². The van der Waals surface area contributed by atoms with E-state index in [1.165, 1.54) is 53.8 Å². The van der Waals surface area contributed by atoms with Gasteiger partial charge in [0.2, 0.25) is 0 Å². The Morgan fingerprint density at radius 2 is 0.537 bits per heavy atom. The first-order valence-corrected chi connectivity index (χ1v) is 20.6. The van der Waals surface area contributed by atoms with Gasteiger partial charge in [-0.25, -0.2) is 0 Å². The summed E-state index contributed by atoms with van der Waals surface area (Å²) in [4.78, 5) is 2.31. The van der Waals surface area contributed by atoms with E-state index >= 15 is 0 Å². The molecule has 9 aromatic carbocycles. The van der Waals surface area contributed by atoms with Gasteiger partial charge in [0.25, 0.3) is 0 Å². The largest absolute Gasteiger partial charge is 0.311 e. The van der Waals surface area contributed by atoms with Crippen molar-refractivity contribution in [2.45, 2.75) is 0 Å². The number of nitrogens with zero attached hydrogens (tertiary/aromatic N) is 1. The van der Waals surface area contributed by atoms with Crippen LogP contribution in [0.2, 0.25) is 0 Å². The molecule has 0 saturated heterocycles. The van der Waals surface area contributed by atoms with Crippen LogP contribution < -0.4 is 25.6 Å². The van der Waals surface area contributed by atoms with Gasteiger partial charge < -0.3 is 4.90 Å². The van der Waals surface area contributed by atoms with Crippen molar-refractivity contribution in [3.8, 4) is 22.3 Å². The summed E-state index contributed by atoms with van der Waals surface area (Å²) in [6.07, 6.45) is 0. The fourth-order valence-corrected chi connectivity index (χ4v) is 12.9. The summed E-state index contributed by atoms with van der Waals surface area (Å²) in [7, 11) is -2.59. The maximum absolute atomic E-state index is 2.59. The molecule has 0 N–H and O–H groups in total. The normalized spacial score (nSPS) is 11.3. The molecule has 0 aliphatic rings. The van der Waals surface area contributed by atoms with Gasteiger partial charge in [-0.15, -0.1) is 0 Å². The minimum absolute atomic E-state index is 1.12. The number of benzene rings is 9. The fourth-order valence-electron chi connectivity index (χ4n) is 8.16. The summed E-state index contributed by atoms with van der Waals surface area (Å²) >= 11 is 0. The average Bonchev–Trinajstić information content (AvgIpc) is 3.26. The highest BCUT2D eigenvalue weighted by atomic mass is 28.3. The second-order valence-electron chi connectivity index (χ2n) is 13.7. The Balaban J connectivity index is 1.11. The molecule has 0 aliphatic heterocycles. The first-order chi connectivity index (χ1) is 26.8. The molecule has 0 amide bonds. The Hall–Kier alpha value is -6.74. The summed E-state index contributed by atoms with van der Waals surface area (Å²) < 4.78 is 0. The zero-order valence-corrected chi connectivity index (χ0v) is 31.0. The number of hydrogen-bond acceptors (Lipinski definition) is 1. The van der Waals surface area contributed by atoms with Gasteiger partial charge in [-0.3, -0.25) is 0 Å². The topological polar surface area (TPSA) is 3.24 Å². The molecule has 0 bridgehead atoms. The molecular weight excluding hydrogens is 667 g/mol. The van der Waals surface area contributed by atoms with Gasteiger partial charge in [0, 0.05) is 17.1 Å². The lowest BCUT2D eigenvalue weighted by Gasteiger charge is -2.34. The van der Waals surface area contributed by atoms with E-state index in [0.29, 0.717) is 0 Å². The van der Waals surface area contributed by atoms with Crippen LogP contribution in [0.4, 0.5) is 17.1 Å². The number of anilines is 3. The van der Waals surface area contributed by atoms with Crippen molar-refractivity contribution < 1.29 is 0 Å². The zero-order valence-electron chi connectivity index (χ0n) is 30.0. The van der Waals surface area contributed by atoms with Crippen molar-refractivity contribution in [3.63, 3.8) is 0 Å². The quantitative estimate of drug-likeness (QED) is 0.107. The molecule has 0 aromatic heterocycles. The van der Waals surface area contributed by atoms with Crippen LogP contribution >= 0.6 is 0 Å². The minimum atomic E-state index is -2.59. The Kier molecular flexibility index (Phi) is 9.02. The van der Waals surface area contributed by atoms with Gasteiger partial charge in [0.05, 0.1) is 0 Å². The number of para-hydroxylation sites is 2. The van der Waals surface area contributed by atoms with Crippen LogP contribution in [0.25, 0.3) is 33.0 Å². The maximum Gasteiger partial charge on any atom is 0.179 e. The Morgan fingerprint density at radius 1 is 0.241 bits per heavy atom. The highest BCUT2D eigenvalue weighted by Crippen LogP contribution is 2.38. The minimum Gasteiger partial charge on any atom is -0.311 e. The molecule has 2 heteroatoms. The molecule has 0 unspecified atom stereocenters. The van der Waals surface area contributed by atoms with Crippen molar-refractivity contribution in [3.05, 3.63) is 237 Å². The Labute approximate surface area is 319 Å². The van der Waals surface area contributed by atoms with Crippen molar-refractivity contribution in [1.82, 2.24) is 0 Å². The van der Waals surface area contributed by atoms with Gasteiger partial charge in [0.1, 0.15) is 0 Å². The third-order valence-electron chi connectivity index (χ3n) is 10.6. The van der Waals surface area contributed by atoms with E-state index in [4.69, 9.17) is 0 Å². The van der Waals surface area contributed by atoms with Crippen LogP contribution in [0.1, 0.15) is 0 Å². The Bertz CT molecular complexity index is 2470. The summed E-state index contributed by atoms with van der Waals surface area (Å²) in [5.41, 5.74) is 8.27. The summed E-state index contributed by atoms with van der Waals surface area (Å²) in [6.45, 7) is 0. The molecule has 0 spiro atoms. The zero-order chi connectivity index (χ0) is 36.2. The molecule has 9 rings (SSSR count). The van der Waals surface area contributed by atoms with Crippen LogP contribution in [-0.4, -0.2) is 8.07 Å². The van der Waals surface area contributed by atoms with Crippen molar-refractivity contribution >= 4 is 56.7 Å². The van der Waals surface area contributed by atoms with Crippen LogP contribution in [-0.2, 0) is 0 Å². The third-order valence-corrected chi connectivity index (χ3v) is 15.4. The number of rotatable bonds is 9. The maximum atomic E-state index is 2.39. The molecule has 54 heavy (non-hydrogen) atoms. The first kappa shape index (κ1) is 33.1. The van der Waals surface area contributed by atoms with E-state index in [1.54, 1.807) is 0 Å². The van der Waals surface area contributed by atoms with Crippen LogP contribution in [0.15, 0.2) is 237 Å². The number of fused-ring (bicyclic) bond motifs is 1. The lowest BCUT2D eigenvalue weighted by molar-refractivity contribution is 1.28. The van der Waals surface area contributed by atoms with Gasteiger partial charge in [-0.1, -0.05) is 200 Å². The molecule has 256 valence electrons. The summed E-state index contributed by atoms with van der Waals surface area (Å²) in [6, 6.07) is 86.4. The van der Waals surface area contributed by atoms with Gasteiger partial charge in [-0.2, -0.15) is 0 Å². The van der Waals surface area contributed by atoms with E-state index < -0.39 is 8.07 Å².